The fourth-order valence-electron chi connectivity index (χ4n) is 4.66. The van der Waals surface area contributed by atoms with Crippen molar-refractivity contribution in [3.8, 4) is 0 Å². The van der Waals surface area contributed by atoms with Crippen molar-refractivity contribution < 1.29 is 8.42 Å². The van der Waals surface area contributed by atoms with Gasteiger partial charge in [0.25, 0.3) is 0 Å². The molecule has 0 atom stereocenters. The Morgan fingerprint density at radius 1 is 0.889 bits per heavy atom. The predicted molar refractivity (Wildman–Crippen MR) is 143 cm³/mol. The van der Waals surface area contributed by atoms with E-state index in [0.29, 0.717) is 5.92 Å². The van der Waals surface area contributed by atoms with Crippen molar-refractivity contribution in [2.45, 2.75) is 29.7 Å². The quantitative estimate of drug-likeness (QED) is 0.336. The average molecular weight is 519 g/mol. The van der Waals surface area contributed by atoms with Crippen LogP contribution in [0.3, 0.4) is 0 Å². The summed E-state index contributed by atoms with van der Waals surface area (Å²) >= 11 is 1.58. The van der Waals surface area contributed by atoms with Gasteiger partial charge >= 0.3 is 0 Å². The van der Waals surface area contributed by atoms with Crippen molar-refractivity contribution in [2.24, 2.45) is 0 Å². The number of sulfone groups is 1. The summed E-state index contributed by atoms with van der Waals surface area (Å²) in [4.78, 5) is 9.66. The Hall–Kier alpha value is -3.50. The van der Waals surface area contributed by atoms with Crippen LogP contribution in [0.4, 0.5) is 11.5 Å². The first-order valence-electron chi connectivity index (χ1n) is 12.0. The molecule has 4 heterocycles. The Bertz CT molecular complexity index is 1630. The number of hydrogen-bond acceptors (Lipinski definition) is 8. The lowest BCUT2D eigenvalue weighted by molar-refractivity contribution is 0.592. The van der Waals surface area contributed by atoms with E-state index in [1.54, 1.807) is 28.0 Å². The van der Waals surface area contributed by atoms with Crippen LogP contribution in [0, 0.1) is 0 Å². The topological polar surface area (TPSA) is 83.7 Å². The monoisotopic (exact) mass is 518 g/mol. The number of fused-ring (bicyclic) bond motifs is 3. The van der Waals surface area contributed by atoms with Gasteiger partial charge in [-0.3, -0.25) is 0 Å². The van der Waals surface area contributed by atoms with E-state index in [9.17, 15) is 8.42 Å². The first-order valence-corrected chi connectivity index (χ1v) is 14.3. The number of anilines is 2. The minimum absolute atomic E-state index is 0.114. The van der Waals surface area contributed by atoms with Gasteiger partial charge in [0.15, 0.2) is 11.5 Å². The van der Waals surface area contributed by atoms with E-state index < -0.39 is 9.84 Å². The zero-order chi connectivity index (χ0) is 24.9. The van der Waals surface area contributed by atoms with E-state index in [1.165, 1.54) is 5.69 Å². The SMILES string of the molecule is CC(C)c1ccc(S(=O)(=O)c2nnn3c2nc(N2CCN(c4ccccc4)CC2)c2sccc23)cc1. The molecule has 1 fully saturated rings. The molecule has 0 amide bonds. The third kappa shape index (κ3) is 3.81. The van der Waals surface area contributed by atoms with Gasteiger partial charge in [0.2, 0.25) is 14.9 Å². The number of nitrogens with zero attached hydrogens (tertiary/aromatic N) is 6. The van der Waals surface area contributed by atoms with Crippen LogP contribution >= 0.6 is 11.3 Å². The molecule has 3 aromatic heterocycles. The molecular formula is C26H26N6O2S2. The van der Waals surface area contributed by atoms with E-state index in [1.807, 2.05) is 29.6 Å². The van der Waals surface area contributed by atoms with Crippen LogP contribution in [0.2, 0.25) is 0 Å². The van der Waals surface area contributed by atoms with E-state index >= 15 is 0 Å². The minimum atomic E-state index is -3.89. The third-order valence-electron chi connectivity index (χ3n) is 6.72. The Balaban J connectivity index is 1.39. The zero-order valence-electron chi connectivity index (χ0n) is 20.1. The van der Waals surface area contributed by atoms with Crippen LogP contribution in [0.1, 0.15) is 25.3 Å². The number of rotatable bonds is 5. The summed E-state index contributed by atoms with van der Waals surface area (Å²) in [6.45, 7) is 7.43. The molecule has 0 saturated carbocycles. The Labute approximate surface area is 213 Å². The van der Waals surface area contributed by atoms with Crippen LogP contribution in [-0.4, -0.2) is 54.4 Å². The Morgan fingerprint density at radius 2 is 1.58 bits per heavy atom. The van der Waals surface area contributed by atoms with E-state index in [0.717, 1.165) is 47.8 Å². The van der Waals surface area contributed by atoms with Crippen molar-refractivity contribution in [1.29, 1.82) is 0 Å². The summed E-state index contributed by atoms with van der Waals surface area (Å²) in [6.07, 6.45) is 0. The maximum atomic E-state index is 13.6. The first-order chi connectivity index (χ1) is 17.4. The van der Waals surface area contributed by atoms with Crippen LogP contribution in [-0.2, 0) is 9.84 Å². The number of piperazine rings is 1. The number of para-hydroxylation sites is 1. The van der Waals surface area contributed by atoms with E-state index in [4.69, 9.17) is 4.98 Å². The maximum absolute atomic E-state index is 13.6. The van der Waals surface area contributed by atoms with Crippen molar-refractivity contribution in [1.82, 2.24) is 19.8 Å². The minimum Gasteiger partial charge on any atom is -0.368 e. The van der Waals surface area contributed by atoms with E-state index in [-0.39, 0.29) is 15.6 Å². The molecule has 0 radical (unpaired) electrons. The summed E-state index contributed by atoms with van der Waals surface area (Å²) in [5, 5.41) is 10.2. The molecule has 184 valence electrons. The van der Waals surface area contributed by atoms with Crippen LogP contribution in [0.25, 0.3) is 15.9 Å². The molecule has 0 spiro atoms. The fourth-order valence-corrected chi connectivity index (χ4v) is 6.78. The lowest BCUT2D eigenvalue weighted by atomic mass is 10.0. The summed E-state index contributed by atoms with van der Waals surface area (Å²) < 4.78 is 29.7. The van der Waals surface area contributed by atoms with E-state index in [2.05, 4.69) is 58.2 Å². The highest BCUT2D eigenvalue weighted by Gasteiger charge is 2.29. The molecule has 8 nitrogen and oxygen atoms in total. The molecule has 0 N–H and O–H groups in total. The molecule has 0 aliphatic carbocycles. The second kappa shape index (κ2) is 8.86. The first kappa shape index (κ1) is 22.9. The molecule has 0 unspecified atom stereocenters. The van der Waals surface area contributed by atoms with Crippen LogP contribution in [0.15, 0.2) is 76.0 Å². The van der Waals surface area contributed by atoms with Gasteiger partial charge in [-0.05, 0) is 47.2 Å². The van der Waals surface area contributed by atoms with Gasteiger partial charge in [0.1, 0.15) is 0 Å². The number of thiophene rings is 1. The molecule has 10 heteroatoms. The van der Waals surface area contributed by atoms with Gasteiger partial charge in [-0.2, -0.15) is 4.52 Å². The smallest absolute Gasteiger partial charge is 0.229 e. The highest BCUT2D eigenvalue weighted by molar-refractivity contribution is 7.91. The van der Waals surface area contributed by atoms with Crippen LogP contribution < -0.4 is 9.80 Å². The Morgan fingerprint density at radius 3 is 2.28 bits per heavy atom. The van der Waals surface area contributed by atoms with Crippen molar-refractivity contribution >= 4 is 48.5 Å². The number of aromatic nitrogens is 4. The number of hydrogen-bond donors (Lipinski definition) is 0. The average Bonchev–Trinajstić information content (AvgIpc) is 3.56. The normalized spacial score (nSPS) is 14.9. The van der Waals surface area contributed by atoms with Gasteiger partial charge in [0.05, 0.1) is 15.1 Å². The highest BCUT2D eigenvalue weighted by atomic mass is 32.2. The molecule has 2 aromatic carbocycles. The van der Waals surface area contributed by atoms with Crippen molar-refractivity contribution in [3.63, 3.8) is 0 Å². The lowest BCUT2D eigenvalue weighted by Gasteiger charge is -2.36. The molecule has 1 aliphatic rings. The largest absolute Gasteiger partial charge is 0.368 e. The summed E-state index contributed by atoms with van der Waals surface area (Å²) in [5.74, 6) is 1.10. The van der Waals surface area contributed by atoms with Gasteiger partial charge in [-0.1, -0.05) is 49.4 Å². The van der Waals surface area contributed by atoms with Crippen molar-refractivity contribution in [2.75, 3.05) is 36.0 Å². The van der Waals surface area contributed by atoms with Gasteiger partial charge in [-0.25, -0.2) is 13.4 Å². The molecular weight excluding hydrogens is 492 g/mol. The van der Waals surface area contributed by atoms with Crippen molar-refractivity contribution in [3.05, 3.63) is 71.6 Å². The maximum Gasteiger partial charge on any atom is 0.229 e. The molecule has 5 aromatic rings. The zero-order valence-corrected chi connectivity index (χ0v) is 21.7. The fraction of sp³-hybridized carbons (Fsp3) is 0.269. The second-order valence-corrected chi connectivity index (χ2v) is 12.0. The molecule has 6 rings (SSSR count). The lowest BCUT2D eigenvalue weighted by Crippen LogP contribution is -2.46. The third-order valence-corrected chi connectivity index (χ3v) is 9.28. The highest BCUT2D eigenvalue weighted by Crippen LogP contribution is 2.34. The summed E-state index contributed by atoms with van der Waals surface area (Å²) in [5.41, 5.74) is 3.36. The molecule has 1 saturated heterocycles. The Kier molecular flexibility index (Phi) is 5.65. The molecule has 36 heavy (non-hydrogen) atoms. The van der Waals surface area contributed by atoms with Gasteiger partial charge in [-0.15, -0.1) is 16.4 Å². The van der Waals surface area contributed by atoms with Gasteiger partial charge < -0.3 is 9.80 Å². The standard InChI is InChI=1S/C26H26N6O2S2/c1-18(2)19-8-10-21(11-9-19)36(33,34)26-25-27-24(23-22(12-17-35-23)32(25)29-28-26)31-15-13-30(14-16-31)20-6-4-3-5-7-20/h3-12,17-18H,13-16H2,1-2H3. The molecule has 1 aliphatic heterocycles. The number of benzene rings is 2. The summed E-state index contributed by atoms with van der Waals surface area (Å²) in [6, 6.07) is 19.3. The second-order valence-electron chi connectivity index (χ2n) is 9.24. The predicted octanol–water partition coefficient (Wildman–Crippen LogP) is 4.62. The molecule has 0 bridgehead atoms. The van der Waals surface area contributed by atoms with Crippen LogP contribution in [0.5, 0.6) is 0 Å². The van der Waals surface area contributed by atoms with Gasteiger partial charge in [0, 0.05) is 31.9 Å². The summed E-state index contributed by atoms with van der Waals surface area (Å²) in [7, 11) is -3.89.